The van der Waals surface area contributed by atoms with E-state index >= 15 is 0 Å². The van der Waals surface area contributed by atoms with Crippen molar-refractivity contribution >= 4 is 23.0 Å². The number of nitro groups is 1. The number of anilines is 3. The van der Waals surface area contributed by atoms with Crippen molar-refractivity contribution in [3.8, 4) is 0 Å². The molecule has 2 fully saturated rings. The molecule has 2 aliphatic heterocycles. The van der Waals surface area contributed by atoms with E-state index in [0.29, 0.717) is 24.7 Å². The Kier molecular flexibility index (Phi) is 6.22. The summed E-state index contributed by atoms with van der Waals surface area (Å²) in [5, 5.41) is 12.1. The van der Waals surface area contributed by atoms with Crippen LogP contribution in [0.3, 0.4) is 0 Å². The molecule has 0 spiro atoms. The first-order chi connectivity index (χ1) is 15.0. The molecule has 0 amide bonds. The molecule has 9 heteroatoms. The van der Waals surface area contributed by atoms with Crippen LogP contribution in [0.25, 0.3) is 0 Å². The molecule has 0 N–H and O–H groups in total. The lowest BCUT2D eigenvalue weighted by atomic mass is 10.1. The normalized spacial score (nSPS) is 17.8. The molecule has 166 valence electrons. The summed E-state index contributed by atoms with van der Waals surface area (Å²) >= 11 is 0. The second kappa shape index (κ2) is 9.05. The van der Waals surface area contributed by atoms with E-state index in [4.69, 9.17) is 0 Å². The van der Waals surface area contributed by atoms with Crippen LogP contribution < -0.4 is 14.7 Å². The van der Waals surface area contributed by atoms with E-state index in [1.165, 1.54) is 23.1 Å². The molecule has 0 atom stereocenters. The summed E-state index contributed by atoms with van der Waals surface area (Å²) < 4.78 is 0. The molecule has 0 bridgehead atoms. The molecule has 0 saturated carbocycles. The van der Waals surface area contributed by atoms with Crippen LogP contribution in [0.1, 0.15) is 18.1 Å². The maximum atomic E-state index is 12.1. The number of benzene rings is 1. The van der Waals surface area contributed by atoms with E-state index < -0.39 is 0 Å². The summed E-state index contributed by atoms with van der Waals surface area (Å²) in [6, 6.07) is 6.37. The van der Waals surface area contributed by atoms with Crippen molar-refractivity contribution in [2.24, 2.45) is 0 Å². The van der Waals surface area contributed by atoms with Crippen molar-refractivity contribution in [3.05, 3.63) is 45.8 Å². The Labute approximate surface area is 183 Å². The standard InChI is InChI=1S/C22H31N7O2/c1-4-25-8-10-27(11-9-25)21-20(29(30)31)22(24-16-23-21)28-14-12-26(13-15-28)19-7-5-6-17(2)18(19)3/h5-7,16H,4,8-15H2,1-3H3. The average molecular weight is 426 g/mol. The number of aromatic nitrogens is 2. The van der Waals surface area contributed by atoms with Crippen molar-refractivity contribution in [2.45, 2.75) is 20.8 Å². The van der Waals surface area contributed by atoms with Gasteiger partial charge < -0.3 is 19.6 Å². The van der Waals surface area contributed by atoms with Crippen molar-refractivity contribution in [1.82, 2.24) is 14.9 Å². The second-order valence-electron chi connectivity index (χ2n) is 8.24. The average Bonchev–Trinajstić information content (AvgIpc) is 2.80. The predicted molar refractivity (Wildman–Crippen MR) is 123 cm³/mol. The van der Waals surface area contributed by atoms with Crippen LogP contribution in [-0.4, -0.2) is 78.7 Å². The molecule has 9 nitrogen and oxygen atoms in total. The lowest BCUT2D eigenvalue weighted by Gasteiger charge is -2.38. The van der Waals surface area contributed by atoms with Crippen LogP contribution in [0.15, 0.2) is 24.5 Å². The number of piperazine rings is 2. The number of rotatable bonds is 5. The summed E-state index contributed by atoms with van der Waals surface area (Å²) in [4.78, 5) is 29.2. The van der Waals surface area contributed by atoms with Gasteiger partial charge in [-0.2, -0.15) is 0 Å². The molecule has 0 radical (unpaired) electrons. The Hall–Kier alpha value is -2.94. The van der Waals surface area contributed by atoms with Crippen molar-refractivity contribution < 1.29 is 4.92 Å². The van der Waals surface area contributed by atoms with E-state index in [1.54, 1.807) is 0 Å². The van der Waals surface area contributed by atoms with Gasteiger partial charge in [0.15, 0.2) is 0 Å². The zero-order valence-corrected chi connectivity index (χ0v) is 18.6. The minimum Gasteiger partial charge on any atom is -0.368 e. The molecule has 3 heterocycles. The molecule has 2 aliphatic rings. The minimum absolute atomic E-state index is 0.0348. The lowest BCUT2D eigenvalue weighted by Crippen LogP contribution is -2.48. The van der Waals surface area contributed by atoms with Crippen LogP contribution in [0.4, 0.5) is 23.0 Å². The molecule has 0 unspecified atom stereocenters. The SMILES string of the molecule is CCN1CCN(c2ncnc(N3CCN(c4cccc(C)c4C)CC3)c2[N+](=O)[O-])CC1. The van der Waals surface area contributed by atoms with Gasteiger partial charge in [-0.25, -0.2) is 9.97 Å². The fourth-order valence-electron chi connectivity index (χ4n) is 4.50. The number of aryl methyl sites for hydroxylation is 1. The van der Waals surface area contributed by atoms with Crippen molar-refractivity contribution in [3.63, 3.8) is 0 Å². The Morgan fingerprint density at radius 2 is 1.45 bits per heavy atom. The first kappa shape index (κ1) is 21.3. The van der Waals surface area contributed by atoms with E-state index in [2.05, 4.69) is 58.7 Å². The van der Waals surface area contributed by atoms with Crippen molar-refractivity contribution in [2.75, 3.05) is 73.6 Å². The third-order valence-corrected chi connectivity index (χ3v) is 6.58. The molecule has 1 aromatic carbocycles. The van der Waals surface area contributed by atoms with E-state index in [9.17, 15) is 10.1 Å². The molecule has 31 heavy (non-hydrogen) atoms. The molecule has 2 aromatic rings. The Bertz CT molecular complexity index is 935. The van der Waals surface area contributed by atoms with Crippen LogP contribution in [0, 0.1) is 24.0 Å². The highest BCUT2D eigenvalue weighted by molar-refractivity contribution is 5.72. The van der Waals surface area contributed by atoms with Gasteiger partial charge in [0.2, 0.25) is 11.6 Å². The monoisotopic (exact) mass is 425 g/mol. The maximum absolute atomic E-state index is 12.1. The molecule has 2 saturated heterocycles. The van der Waals surface area contributed by atoms with Gasteiger partial charge in [-0.3, -0.25) is 10.1 Å². The zero-order valence-electron chi connectivity index (χ0n) is 18.6. The van der Waals surface area contributed by atoms with Crippen LogP contribution in [-0.2, 0) is 0 Å². The molecule has 0 aliphatic carbocycles. The summed E-state index contributed by atoms with van der Waals surface area (Å²) in [6.45, 7) is 13.7. The Morgan fingerprint density at radius 1 is 0.903 bits per heavy atom. The Morgan fingerprint density at radius 3 is 2.00 bits per heavy atom. The first-order valence-corrected chi connectivity index (χ1v) is 11.0. The van der Waals surface area contributed by atoms with E-state index in [-0.39, 0.29) is 10.6 Å². The number of hydrogen-bond donors (Lipinski definition) is 0. The molecular weight excluding hydrogens is 394 g/mol. The quantitative estimate of drug-likeness (QED) is 0.534. The smallest absolute Gasteiger partial charge is 0.353 e. The van der Waals surface area contributed by atoms with E-state index in [1.807, 2.05) is 9.80 Å². The van der Waals surface area contributed by atoms with E-state index in [0.717, 1.165) is 45.8 Å². The highest BCUT2D eigenvalue weighted by Crippen LogP contribution is 2.35. The Balaban J connectivity index is 1.54. The fourth-order valence-corrected chi connectivity index (χ4v) is 4.50. The van der Waals surface area contributed by atoms with Gasteiger partial charge >= 0.3 is 5.69 Å². The van der Waals surface area contributed by atoms with Gasteiger partial charge in [-0.1, -0.05) is 19.1 Å². The van der Waals surface area contributed by atoms with Gasteiger partial charge in [0.25, 0.3) is 0 Å². The first-order valence-electron chi connectivity index (χ1n) is 11.0. The van der Waals surface area contributed by atoms with Crippen LogP contribution >= 0.6 is 0 Å². The number of hydrogen-bond acceptors (Lipinski definition) is 8. The third kappa shape index (κ3) is 4.27. The van der Waals surface area contributed by atoms with Gasteiger partial charge in [-0.15, -0.1) is 0 Å². The summed E-state index contributed by atoms with van der Waals surface area (Å²) in [5.41, 5.74) is 3.84. The fraction of sp³-hybridized carbons (Fsp3) is 0.545. The third-order valence-electron chi connectivity index (χ3n) is 6.58. The van der Waals surface area contributed by atoms with Crippen molar-refractivity contribution in [1.29, 1.82) is 0 Å². The number of nitrogens with zero attached hydrogens (tertiary/aromatic N) is 7. The van der Waals surface area contributed by atoms with Gasteiger partial charge in [0.05, 0.1) is 4.92 Å². The second-order valence-corrected chi connectivity index (χ2v) is 8.24. The van der Waals surface area contributed by atoms with Gasteiger partial charge in [-0.05, 0) is 37.6 Å². The zero-order chi connectivity index (χ0) is 22.0. The number of likely N-dealkylation sites (N-methyl/N-ethyl adjacent to an activating group) is 1. The molecule has 4 rings (SSSR count). The lowest BCUT2D eigenvalue weighted by molar-refractivity contribution is -0.383. The summed E-state index contributed by atoms with van der Waals surface area (Å²) in [6.07, 6.45) is 1.47. The van der Waals surface area contributed by atoms with Crippen LogP contribution in [0.2, 0.25) is 0 Å². The highest BCUT2D eigenvalue weighted by atomic mass is 16.6. The largest absolute Gasteiger partial charge is 0.368 e. The predicted octanol–water partition coefficient (Wildman–Crippen LogP) is 2.47. The van der Waals surface area contributed by atoms with Gasteiger partial charge in [0.1, 0.15) is 6.33 Å². The molecular formula is C22H31N7O2. The van der Waals surface area contributed by atoms with Crippen LogP contribution in [0.5, 0.6) is 0 Å². The maximum Gasteiger partial charge on any atom is 0.353 e. The topological polar surface area (TPSA) is 81.9 Å². The minimum atomic E-state index is -0.312. The summed E-state index contributed by atoms with van der Waals surface area (Å²) in [5.74, 6) is 0.885. The summed E-state index contributed by atoms with van der Waals surface area (Å²) in [7, 11) is 0. The van der Waals surface area contributed by atoms with Gasteiger partial charge in [0, 0.05) is 58.0 Å². The highest BCUT2D eigenvalue weighted by Gasteiger charge is 2.32. The molecule has 1 aromatic heterocycles.